The number of carbonyl (C=O) groups is 1. The summed E-state index contributed by atoms with van der Waals surface area (Å²) in [7, 11) is 2.03. The summed E-state index contributed by atoms with van der Waals surface area (Å²) in [6, 6.07) is 15.2. The van der Waals surface area contributed by atoms with Crippen LogP contribution in [-0.2, 0) is 6.42 Å². The van der Waals surface area contributed by atoms with Gasteiger partial charge in [0.1, 0.15) is 5.75 Å². The predicted molar refractivity (Wildman–Crippen MR) is 90.4 cm³/mol. The topological polar surface area (TPSA) is 29.5 Å². The number of ether oxygens (including phenoxy) is 1. The maximum Gasteiger partial charge on any atom is 0.343 e. The zero-order chi connectivity index (χ0) is 16.2. The third-order valence-corrected chi connectivity index (χ3v) is 4.26. The molecule has 0 heterocycles. The Balaban J connectivity index is 1.80. The molecule has 0 aromatic heterocycles. The molecule has 0 unspecified atom stereocenters. The number of fused-ring (bicyclic) bond motifs is 1. The Bertz CT molecular complexity index is 746. The molecule has 0 amide bonds. The molecule has 0 saturated heterocycles. The van der Waals surface area contributed by atoms with Crippen LogP contribution in [0.5, 0.6) is 5.75 Å². The van der Waals surface area contributed by atoms with E-state index in [0.29, 0.717) is 17.9 Å². The maximum absolute atomic E-state index is 12.2. The van der Waals surface area contributed by atoms with Crippen LogP contribution in [0.2, 0.25) is 0 Å². The summed E-state index contributed by atoms with van der Waals surface area (Å²) in [5, 5.41) is 0. The number of rotatable bonds is 4. The van der Waals surface area contributed by atoms with Gasteiger partial charge < -0.3 is 4.74 Å². The molecule has 0 spiro atoms. The lowest BCUT2D eigenvalue weighted by molar-refractivity contribution is 0.0734. The molecule has 0 N–H and O–H groups in total. The minimum atomic E-state index is -0.336. The second-order valence-corrected chi connectivity index (χ2v) is 5.79. The Morgan fingerprint density at radius 1 is 1.30 bits per heavy atom. The van der Waals surface area contributed by atoms with Crippen LogP contribution in [0.4, 0.5) is 0 Å². The van der Waals surface area contributed by atoms with E-state index >= 15 is 0 Å². The summed E-state index contributed by atoms with van der Waals surface area (Å²) in [6.45, 7) is 0.609. The van der Waals surface area contributed by atoms with E-state index in [-0.39, 0.29) is 12.0 Å². The van der Waals surface area contributed by atoms with Crippen molar-refractivity contribution in [2.75, 3.05) is 13.6 Å². The zero-order valence-corrected chi connectivity index (χ0v) is 13.2. The molecule has 3 nitrogen and oxygen atoms in total. The number of hydrogen-bond donors (Lipinski definition) is 0. The SMILES string of the molecule is C#CCN(C)[C@@H]1CCc2ccc(OC(=O)c3ccccc3)cc21. The molecule has 1 atom stereocenters. The summed E-state index contributed by atoms with van der Waals surface area (Å²) < 4.78 is 5.52. The standard InChI is InChI=1S/C20H19NO2/c1-3-13-21(2)19-12-10-15-9-11-17(14-18(15)19)23-20(22)16-7-5-4-6-8-16/h1,4-9,11,14,19H,10,12-13H2,2H3/t19-/m1/s1. The van der Waals surface area contributed by atoms with E-state index < -0.39 is 0 Å². The van der Waals surface area contributed by atoms with Crippen molar-refractivity contribution < 1.29 is 9.53 Å². The lowest BCUT2D eigenvalue weighted by atomic mass is 10.1. The van der Waals surface area contributed by atoms with Crippen molar-refractivity contribution >= 4 is 5.97 Å². The van der Waals surface area contributed by atoms with Crippen molar-refractivity contribution in [1.29, 1.82) is 0 Å². The molecule has 0 fully saturated rings. The van der Waals surface area contributed by atoms with E-state index in [4.69, 9.17) is 11.2 Å². The van der Waals surface area contributed by atoms with Crippen LogP contribution in [0.15, 0.2) is 48.5 Å². The summed E-state index contributed by atoms with van der Waals surface area (Å²) in [6.07, 6.45) is 7.49. The number of terminal acetylenes is 1. The third kappa shape index (κ3) is 3.28. The number of nitrogens with zero attached hydrogens (tertiary/aromatic N) is 1. The monoisotopic (exact) mass is 305 g/mol. The van der Waals surface area contributed by atoms with Gasteiger partial charge in [-0.1, -0.05) is 30.2 Å². The van der Waals surface area contributed by atoms with Crippen LogP contribution in [0.25, 0.3) is 0 Å². The number of hydrogen-bond acceptors (Lipinski definition) is 3. The molecule has 3 heteroatoms. The quantitative estimate of drug-likeness (QED) is 0.492. The maximum atomic E-state index is 12.2. The van der Waals surface area contributed by atoms with Crippen molar-refractivity contribution in [1.82, 2.24) is 4.90 Å². The molecule has 1 aliphatic rings. The molecular weight excluding hydrogens is 286 g/mol. The third-order valence-electron chi connectivity index (χ3n) is 4.26. The Morgan fingerprint density at radius 3 is 2.83 bits per heavy atom. The highest BCUT2D eigenvalue weighted by Crippen LogP contribution is 2.37. The van der Waals surface area contributed by atoms with Gasteiger partial charge in [0.05, 0.1) is 12.1 Å². The lowest BCUT2D eigenvalue weighted by Crippen LogP contribution is -2.23. The Labute approximate surface area is 136 Å². The van der Waals surface area contributed by atoms with Crippen molar-refractivity contribution in [3.8, 4) is 18.1 Å². The van der Waals surface area contributed by atoms with E-state index in [1.807, 2.05) is 43.4 Å². The average Bonchev–Trinajstić information content (AvgIpc) is 2.99. The van der Waals surface area contributed by atoms with Crippen LogP contribution in [0.1, 0.15) is 33.9 Å². The van der Waals surface area contributed by atoms with Crippen molar-refractivity contribution in [3.05, 3.63) is 65.2 Å². The molecule has 0 radical (unpaired) electrons. The fourth-order valence-corrected chi connectivity index (χ4v) is 3.07. The van der Waals surface area contributed by atoms with Crippen LogP contribution in [0, 0.1) is 12.3 Å². The second kappa shape index (κ2) is 6.68. The second-order valence-electron chi connectivity index (χ2n) is 5.79. The number of benzene rings is 2. The van der Waals surface area contributed by atoms with Gasteiger partial charge >= 0.3 is 5.97 Å². The minimum Gasteiger partial charge on any atom is -0.423 e. The van der Waals surface area contributed by atoms with Gasteiger partial charge in [-0.05, 0) is 55.3 Å². The van der Waals surface area contributed by atoms with E-state index in [2.05, 4.69) is 10.8 Å². The number of esters is 1. The lowest BCUT2D eigenvalue weighted by Gasteiger charge is -2.23. The predicted octanol–water partition coefficient (Wildman–Crippen LogP) is 3.46. The highest BCUT2D eigenvalue weighted by molar-refractivity contribution is 5.91. The summed E-state index contributed by atoms with van der Waals surface area (Å²) in [5.41, 5.74) is 3.06. The van der Waals surface area contributed by atoms with E-state index in [9.17, 15) is 4.79 Å². The van der Waals surface area contributed by atoms with Gasteiger partial charge in [0.15, 0.2) is 0 Å². The summed E-state index contributed by atoms with van der Waals surface area (Å²) >= 11 is 0. The summed E-state index contributed by atoms with van der Waals surface area (Å²) in [5.74, 6) is 2.93. The first-order chi connectivity index (χ1) is 11.2. The van der Waals surface area contributed by atoms with Gasteiger partial charge in [-0.3, -0.25) is 4.90 Å². The van der Waals surface area contributed by atoms with Crippen LogP contribution >= 0.6 is 0 Å². The van der Waals surface area contributed by atoms with Crippen LogP contribution < -0.4 is 4.74 Å². The summed E-state index contributed by atoms with van der Waals surface area (Å²) in [4.78, 5) is 14.3. The minimum absolute atomic E-state index is 0.288. The number of aryl methyl sites for hydroxylation is 1. The van der Waals surface area contributed by atoms with Gasteiger partial charge in [0, 0.05) is 6.04 Å². The number of carbonyl (C=O) groups excluding carboxylic acids is 1. The molecule has 0 saturated carbocycles. The molecule has 23 heavy (non-hydrogen) atoms. The van der Waals surface area contributed by atoms with Crippen LogP contribution in [0.3, 0.4) is 0 Å². The van der Waals surface area contributed by atoms with Gasteiger partial charge in [-0.2, -0.15) is 0 Å². The first kappa shape index (κ1) is 15.3. The van der Waals surface area contributed by atoms with Crippen molar-refractivity contribution in [2.24, 2.45) is 0 Å². The van der Waals surface area contributed by atoms with E-state index in [1.165, 1.54) is 11.1 Å². The molecule has 1 aliphatic carbocycles. The zero-order valence-electron chi connectivity index (χ0n) is 13.2. The van der Waals surface area contributed by atoms with Gasteiger partial charge in [-0.15, -0.1) is 6.42 Å². The smallest absolute Gasteiger partial charge is 0.343 e. The molecule has 0 aliphatic heterocycles. The van der Waals surface area contributed by atoms with Gasteiger partial charge in [0.25, 0.3) is 0 Å². The molecule has 116 valence electrons. The molecule has 3 rings (SSSR count). The largest absolute Gasteiger partial charge is 0.423 e. The Hall–Kier alpha value is -2.57. The average molecular weight is 305 g/mol. The fourth-order valence-electron chi connectivity index (χ4n) is 3.07. The highest BCUT2D eigenvalue weighted by Gasteiger charge is 2.26. The normalized spacial score (nSPS) is 16.0. The highest BCUT2D eigenvalue weighted by atomic mass is 16.5. The van der Waals surface area contributed by atoms with E-state index in [1.54, 1.807) is 12.1 Å². The van der Waals surface area contributed by atoms with Gasteiger partial charge in [-0.25, -0.2) is 4.79 Å². The molecule has 0 bridgehead atoms. The molecule has 2 aromatic carbocycles. The fraction of sp³-hybridized carbons (Fsp3) is 0.250. The van der Waals surface area contributed by atoms with Crippen molar-refractivity contribution in [3.63, 3.8) is 0 Å². The molecule has 2 aromatic rings. The first-order valence-corrected chi connectivity index (χ1v) is 7.73. The Morgan fingerprint density at radius 2 is 2.09 bits per heavy atom. The Kier molecular flexibility index (Phi) is 4.45. The first-order valence-electron chi connectivity index (χ1n) is 7.73. The van der Waals surface area contributed by atoms with Crippen molar-refractivity contribution in [2.45, 2.75) is 18.9 Å². The molecular formula is C20H19NO2. The van der Waals surface area contributed by atoms with Crippen LogP contribution in [-0.4, -0.2) is 24.5 Å². The van der Waals surface area contributed by atoms with Gasteiger partial charge in [0.2, 0.25) is 0 Å². The van der Waals surface area contributed by atoms with E-state index in [0.717, 1.165) is 12.8 Å².